The molecule has 1 rings (SSSR count). The first-order valence-corrected chi connectivity index (χ1v) is 7.40. The van der Waals surface area contributed by atoms with E-state index >= 15 is 0 Å². The van der Waals surface area contributed by atoms with E-state index in [0.717, 1.165) is 29.7 Å². The average molecular weight is 250 g/mol. The topological polar surface area (TPSA) is 34.1 Å². The van der Waals surface area contributed by atoms with Crippen LogP contribution in [0.1, 0.15) is 35.7 Å². The molecule has 0 spiro atoms. The molecule has 1 atom stereocenters. The molecule has 0 saturated carbocycles. The number of allylic oxidation sites excluding steroid dienone is 1. The van der Waals surface area contributed by atoms with Crippen molar-refractivity contribution in [2.45, 2.75) is 19.8 Å². The van der Waals surface area contributed by atoms with Gasteiger partial charge in [-0.25, -0.2) is 0 Å². The molecule has 0 radical (unpaired) electrons. The van der Waals surface area contributed by atoms with E-state index in [1.54, 1.807) is 13.2 Å². The fraction of sp³-hybridized carbons (Fsp3) is 0.357. The third-order valence-corrected chi connectivity index (χ3v) is 3.27. The van der Waals surface area contributed by atoms with Gasteiger partial charge in [-0.2, -0.15) is 0 Å². The lowest BCUT2D eigenvalue weighted by molar-refractivity contribution is 0.101. The second kappa shape index (κ2) is 7.17. The van der Waals surface area contributed by atoms with Crippen molar-refractivity contribution in [3.8, 4) is 0 Å². The van der Waals surface area contributed by atoms with Crippen molar-refractivity contribution in [3.05, 3.63) is 41.5 Å². The summed E-state index contributed by atoms with van der Waals surface area (Å²) < 4.78 is 10.8. The van der Waals surface area contributed by atoms with Crippen molar-refractivity contribution in [2.75, 3.05) is 12.0 Å². The Morgan fingerprint density at radius 2 is 2.18 bits per heavy atom. The quantitative estimate of drug-likeness (QED) is 0.574. The molecule has 1 unspecified atom stereocenters. The standard InChI is InChI=1S/C14H18O2S/c1-12(15)14-9-6-8-13(11-14)7-4-3-5-10-17(2)16/h4,6-9,11H,3,5,10H2,1-2H3/b7-4-. The molecule has 0 aliphatic heterocycles. The summed E-state index contributed by atoms with van der Waals surface area (Å²) >= 11 is 0. The lowest BCUT2D eigenvalue weighted by Gasteiger charge is -1.98. The Morgan fingerprint density at radius 3 is 2.82 bits per heavy atom. The van der Waals surface area contributed by atoms with Crippen LogP contribution in [0.25, 0.3) is 6.08 Å². The van der Waals surface area contributed by atoms with Crippen molar-refractivity contribution in [3.63, 3.8) is 0 Å². The average Bonchev–Trinajstić information content (AvgIpc) is 2.28. The highest BCUT2D eigenvalue weighted by Crippen LogP contribution is 2.08. The van der Waals surface area contributed by atoms with Gasteiger partial charge in [0.2, 0.25) is 0 Å². The van der Waals surface area contributed by atoms with Crippen LogP contribution < -0.4 is 0 Å². The van der Waals surface area contributed by atoms with Crippen LogP contribution >= 0.6 is 0 Å². The first-order valence-electron chi connectivity index (χ1n) is 5.67. The van der Waals surface area contributed by atoms with Crippen molar-refractivity contribution in [1.82, 2.24) is 0 Å². The largest absolute Gasteiger partial charge is 0.295 e. The van der Waals surface area contributed by atoms with Crippen LogP contribution in [0.15, 0.2) is 30.3 Å². The zero-order chi connectivity index (χ0) is 12.7. The van der Waals surface area contributed by atoms with E-state index in [9.17, 15) is 9.00 Å². The maximum absolute atomic E-state index is 11.2. The summed E-state index contributed by atoms with van der Waals surface area (Å²) in [5, 5.41) is 0. The second-order valence-corrected chi connectivity index (χ2v) is 5.56. The van der Waals surface area contributed by atoms with Gasteiger partial charge in [0.1, 0.15) is 0 Å². The predicted octanol–water partition coefficient (Wildman–Crippen LogP) is 3.06. The van der Waals surface area contributed by atoms with Crippen LogP contribution in [-0.4, -0.2) is 22.0 Å². The highest BCUT2D eigenvalue weighted by molar-refractivity contribution is 7.84. The summed E-state index contributed by atoms with van der Waals surface area (Å²) in [7, 11) is -0.702. The number of benzene rings is 1. The van der Waals surface area contributed by atoms with Gasteiger partial charge in [-0.1, -0.05) is 30.4 Å². The van der Waals surface area contributed by atoms with Crippen LogP contribution in [0.5, 0.6) is 0 Å². The number of ketones is 1. The van der Waals surface area contributed by atoms with Crippen LogP contribution in [-0.2, 0) is 10.8 Å². The van der Waals surface area contributed by atoms with Gasteiger partial charge >= 0.3 is 0 Å². The smallest absolute Gasteiger partial charge is 0.159 e. The minimum absolute atomic E-state index is 0.0848. The van der Waals surface area contributed by atoms with E-state index in [1.165, 1.54) is 0 Å². The molecule has 0 fully saturated rings. The number of carbonyl (C=O) groups excluding carboxylic acids is 1. The fourth-order valence-electron chi connectivity index (χ4n) is 1.49. The maximum Gasteiger partial charge on any atom is 0.159 e. The Hall–Kier alpha value is -1.22. The van der Waals surface area contributed by atoms with Gasteiger partial charge < -0.3 is 0 Å². The van der Waals surface area contributed by atoms with Crippen molar-refractivity contribution in [1.29, 1.82) is 0 Å². The number of Topliss-reactive ketones (excluding diaryl/α,β-unsaturated/α-hetero) is 1. The second-order valence-electron chi connectivity index (χ2n) is 4.00. The van der Waals surface area contributed by atoms with Gasteiger partial charge in [0.05, 0.1) is 0 Å². The van der Waals surface area contributed by atoms with Gasteiger partial charge in [-0.15, -0.1) is 0 Å². The van der Waals surface area contributed by atoms with Gasteiger partial charge in [-0.3, -0.25) is 9.00 Å². The third kappa shape index (κ3) is 5.59. The molecule has 1 aromatic rings. The zero-order valence-electron chi connectivity index (χ0n) is 10.3. The van der Waals surface area contributed by atoms with E-state index in [2.05, 4.69) is 6.08 Å². The molecule has 0 amide bonds. The lowest BCUT2D eigenvalue weighted by atomic mass is 10.1. The Kier molecular flexibility index (Phi) is 5.84. The summed E-state index contributed by atoms with van der Waals surface area (Å²) in [6.07, 6.45) is 7.65. The van der Waals surface area contributed by atoms with E-state index in [-0.39, 0.29) is 5.78 Å². The van der Waals surface area contributed by atoms with Crippen LogP contribution in [0.3, 0.4) is 0 Å². The molecule has 17 heavy (non-hydrogen) atoms. The van der Waals surface area contributed by atoms with Gasteiger partial charge in [-0.05, 0) is 31.4 Å². The first kappa shape index (κ1) is 13.8. The molecule has 0 N–H and O–H groups in total. The highest BCUT2D eigenvalue weighted by atomic mass is 32.2. The zero-order valence-corrected chi connectivity index (χ0v) is 11.1. The summed E-state index contributed by atoms with van der Waals surface area (Å²) in [5.41, 5.74) is 1.78. The Labute approximate surface area is 105 Å². The third-order valence-electron chi connectivity index (χ3n) is 2.41. The van der Waals surface area contributed by atoms with Gasteiger partial charge in [0.25, 0.3) is 0 Å². The Bertz CT molecular complexity index is 436. The summed E-state index contributed by atoms with van der Waals surface area (Å²) in [6.45, 7) is 1.57. The minimum atomic E-state index is -0.702. The van der Waals surface area contributed by atoms with Crippen molar-refractivity contribution >= 4 is 22.7 Å². The van der Waals surface area contributed by atoms with E-state index < -0.39 is 10.8 Å². The number of rotatable bonds is 6. The fourth-order valence-corrected chi connectivity index (χ4v) is 2.06. The molecule has 0 saturated heterocycles. The maximum atomic E-state index is 11.2. The van der Waals surface area contributed by atoms with E-state index in [1.807, 2.05) is 30.3 Å². The molecule has 2 nitrogen and oxygen atoms in total. The highest BCUT2D eigenvalue weighted by Gasteiger charge is 1.97. The number of carbonyl (C=O) groups is 1. The summed E-state index contributed by atoms with van der Waals surface area (Å²) in [6, 6.07) is 7.56. The van der Waals surface area contributed by atoms with Crippen LogP contribution in [0.4, 0.5) is 0 Å². The number of unbranched alkanes of at least 4 members (excludes halogenated alkanes) is 1. The monoisotopic (exact) mass is 250 g/mol. The SMILES string of the molecule is CC(=O)c1cccc(/C=C\CCCS(C)=O)c1. The molecule has 0 aromatic heterocycles. The Morgan fingerprint density at radius 1 is 1.41 bits per heavy atom. The van der Waals surface area contributed by atoms with Gasteiger partial charge in [0, 0.05) is 28.4 Å². The van der Waals surface area contributed by atoms with Gasteiger partial charge in [0.15, 0.2) is 5.78 Å². The molecule has 0 aliphatic carbocycles. The molecule has 3 heteroatoms. The molecular weight excluding hydrogens is 232 g/mol. The molecule has 0 heterocycles. The molecule has 0 aliphatic rings. The number of hydrogen-bond donors (Lipinski definition) is 0. The van der Waals surface area contributed by atoms with Crippen LogP contribution in [0, 0.1) is 0 Å². The molecular formula is C14H18O2S. The van der Waals surface area contributed by atoms with Crippen LogP contribution in [0.2, 0.25) is 0 Å². The van der Waals surface area contributed by atoms with E-state index in [0.29, 0.717) is 0 Å². The number of hydrogen-bond acceptors (Lipinski definition) is 2. The Balaban J connectivity index is 2.50. The molecule has 1 aromatic carbocycles. The molecule has 92 valence electrons. The predicted molar refractivity (Wildman–Crippen MR) is 73.6 cm³/mol. The molecule has 0 bridgehead atoms. The van der Waals surface area contributed by atoms with Crippen molar-refractivity contribution < 1.29 is 9.00 Å². The lowest BCUT2D eigenvalue weighted by Crippen LogP contribution is -1.92. The van der Waals surface area contributed by atoms with Crippen molar-refractivity contribution in [2.24, 2.45) is 0 Å². The first-order chi connectivity index (χ1) is 8.09. The normalized spacial score (nSPS) is 12.8. The van der Waals surface area contributed by atoms with E-state index in [4.69, 9.17) is 0 Å². The summed E-state index contributed by atoms with van der Waals surface area (Å²) in [4.78, 5) is 11.2. The summed E-state index contributed by atoms with van der Waals surface area (Å²) in [5.74, 6) is 0.833. The minimum Gasteiger partial charge on any atom is -0.295 e.